The minimum atomic E-state index is -0.259. The van der Waals surface area contributed by atoms with E-state index in [1.54, 1.807) is 11.1 Å². The zero-order valence-electron chi connectivity index (χ0n) is 13.4. The molecule has 7 heteroatoms. The molecular formula is C17H20N4O2S. The summed E-state index contributed by atoms with van der Waals surface area (Å²) in [4.78, 5) is 30.4. The first kappa shape index (κ1) is 16.4. The van der Waals surface area contributed by atoms with E-state index in [9.17, 15) is 9.59 Å². The van der Waals surface area contributed by atoms with Crippen LogP contribution >= 0.6 is 11.3 Å². The van der Waals surface area contributed by atoms with Crippen LogP contribution in [0.4, 0.5) is 10.5 Å². The maximum atomic E-state index is 12.2. The van der Waals surface area contributed by atoms with Crippen LogP contribution in [0.3, 0.4) is 0 Å². The number of rotatable bonds is 5. The number of urea groups is 1. The molecule has 3 amide bonds. The molecule has 6 nitrogen and oxygen atoms in total. The Hall–Kier alpha value is -2.41. The Labute approximate surface area is 144 Å². The molecule has 1 aromatic heterocycles. The summed E-state index contributed by atoms with van der Waals surface area (Å²) in [6.45, 7) is 2.49. The van der Waals surface area contributed by atoms with E-state index in [1.165, 1.54) is 11.3 Å². The summed E-state index contributed by atoms with van der Waals surface area (Å²) in [5.41, 5.74) is 0.862. The Morgan fingerprint density at radius 2 is 2.21 bits per heavy atom. The summed E-state index contributed by atoms with van der Waals surface area (Å²) in [7, 11) is 0. The van der Waals surface area contributed by atoms with Crippen molar-refractivity contribution in [1.29, 1.82) is 0 Å². The number of amides is 3. The molecule has 3 rings (SSSR count). The fourth-order valence-electron chi connectivity index (χ4n) is 2.79. The number of hydrogen-bond donors (Lipinski definition) is 2. The lowest BCUT2D eigenvalue weighted by atomic mass is 10.2. The lowest BCUT2D eigenvalue weighted by Gasteiger charge is -2.19. The lowest BCUT2D eigenvalue weighted by Crippen LogP contribution is -2.44. The van der Waals surface area contributed by atoms with Gasteiger partial charge in [0.2, 0.25) is 5.91 Å². The third-order valence-corrected chi connectivity index (χ3v) is 4.88. The topological polar surface area (TPSA) is 74.3 Å². The first-order chi connectivity index (χ1) is 11.7. The molecule has 2 N–H and O–H groups in total. The number of hydrogen-bond acceptors (Lipinski definition) is 4. The first-order valence-electron chi connectivity index (χ1n) is 7.99. The predicted molar refractivity (Wildman–Crippen MR) is 94.0 cm³/mol. The number of carbonyl (C=O) groups is 2. The van der Waals surface area contributed by atoms with Gasteiger partial charge in [-0.3, -0.25) is 4.79 Å². The number of anilines is 1. The summed E-state index contributed by atoms with van der Waals surface area (Å²) in [5, 5.41) is 8.62. The Morgan fingerprint density at radius 1 is 1.42 bits per heavy atom. The minimum absolute atomic E-state index is 0.0264. The van der Waals surface area contributed by atoms with E-state index < -0.39 is 0 Å². The van der Waals surface area contributed by atoms with E-state index in [0.29, 0.717) is 13.0 Å². The third-order valence-electron chi connectivity index (χ3n) is 3.99. The summed E-state index contributed by atoms with van der Waals surface area (Å²) in [6.07, 6.45) is 2.81. The van der Waals surface area contributed by atoms with Gasteiger partial charge in [-0.05, 0) is 18.6 Å². The Kier molecular flexibility index (Phi) is 5.10. The average molecular weight is 344 g/mol. The number of para-hydroxylation sites is 1. The molecule has 0 radical (unpaired) electrons. The van der Waals surface area contributed by atoms with Crippen molar-refractivity contribution in [2.75, 3.05) is 11.4 Å². The quantitative estimate of drug-likeness (QED) is 0.876. The molecule has 0 spiro atoms. The van der Waals surface area contributed by atoms with Crippen LogP contribution in [0.2, 0.25) is 0 Å². The van der Waals surface area contributed by atoms with Crippen molar-refractivity contribution in [2.24, 2.45) is 0 Å². The van der Waals surface area contributed by atoms with Crippen LogP contribution in [-0.2, 0) is 4.79 Å². The Bertz CT molecular complexity index is 690. The molecule has 0 aliphatic carbocycles. The van der Waals surface area contributed by atoms with Gasteiger partial charge in [0.25, 0.3) is 0 Å². The van der Waals surface area contributed by atoms with Crippen LogP contribution in [0.1, 0.15) is 30.8 Å². The molecule has 1 aliphatic rings. The molecule has 24 heavy (non-hydrogen) atoms. The highest BCUT2D eigenvalue weighted by atomic mass is 32.1. The van der Waals surface area contributed by atoms with Crippen molar-refractivity contribution < 1.29 is 9.59 Å². The summed E-state index contributed by atoms with van der Waals surface area (Å²) >= 11 is 1.52. The zero-order chi connectivity index (χ0) is 16.9. The highest BCUT2D eigenvalue weighted by molar-refractivity contribution is 7.09. The smallest absolute Gasteiger partial charge is 0.315 e. The molecule has 2 atom stereocenters. The molecule has 2 aromatic rings. The van der Waals surface area contributed by atoms with Crippen molar-refractivity contribution in [2.45, 2.75) is 31.8 Å². The van der Waals surface area contributed by atoms with Gasteiger partial charge in [0.1, 0.15) is 5.01 Å². The number of carbonyl (C=O) groups excluding carboxylic acids is 2. The van der Waals surface area contributed by atoms with Crippen LogP contribution in [-0.4, -0.2) is 29.5 Å². The van der Waals surface area contributed by atoms with Crippen LogP contribution in [0.5, 0.6) is 0 Å². The highest BCUT2D eigenvalue weighted by Gasteiger charge is 2.31. The van der Waals surface area contributed by atoms with E-state index >= 15 is 0 Å². The van der Waals surface area contributed by atoms with Gasteiger partial charge in [-0.15, -0.1) is 11.3 Å². The van der Waals surface area contributed by atoms with Gasteiger partial charge in [-0.25, -0.2) is 9.78 Å². The van der Waals surface area contributed by atoms with Gasteiger partial charge in [0, 0.05) is 30.2 Å². The van der Waals surface area contributed by atoms with Crippen LogP contribution in [0.15, 0.2) is 41.9 Å². The molecule has 2 heterocycles. The maximum Gasteiger partial charge on any atom is 0.315 e. The number of thiazole rings is 1. The van der Waals surface area contributed by atoms with Gasteiger partial charge >= 0.3 is 6.03 Å². The van der Waals surface area contributed by atoms with E-state index in [2.05, 4.69) is 15.6 Å². The van der Waals surface area contributed by atoms with E-state index in [0.717, 1.165) is 17.1 Å². The molecular weight excluding hydrogens is 324 g/mol. The second-order valence-corrected chi connectivity index (χ2v) is 6.62. The molecule has 1 saturated heterocycles. The monoisotopic (exact) mass is 344 g/mol. The van der Waals surface area contributed by atoms with Crippen LogP contribution in [0, 0.1) is 0 Å². The van der Waals surface area contributed by atoms with Gasteiger partial charge in [0.15, 0.2) is 0 Å². The average Bonchev–Trinajstić information content (AvgIpc) is 3.23. The zero-order valence-corrected chi connectivity index (χ0v) is 14.3. The fraction of sp³-hybridized carbons (Fsp3) is 0.353. The maximum absolute atomic E-state index is 12.2. The summed E-state index contributed by atoms with van der Waals surface area (Å²) in [5.74, 6) is 0.0264. The van der Waals surface area contributed by atoms with Gasteiger partial charge in [-0.1, -0.05) is 25.1 Å². The second kappa shape index (κ2) is 7.44. The van der Waals surface area contributed by atoms with Gasteiger partial charge < -0.3 is 15.5 Å². The molecule has 0 unspecified atom stereocenters. The van der Waals surface area contributed by atoms with Crippen molar-refractivity contribution in [3.8, 4) is 0 Å². The lowest BCUT2D eigenvalue weighted by molar-refractivity contribution is -0.117. The second-order valence-electron chi connectivity index (χ2n) is 5.69. The fourth-order valence-corrected chi connectivity index (χ4v) is 3.56. The highest BCUT2D eigenvalue weighted by Crippen LogP contribution is 2.21. The van der Waals surface area contributed by atoms with Crippen molar-refractivity contribution in [3.63, 3.8) is 0 Å². The molecule has 1 aliphatic heterocycles. The van der Waals surface area contributed by atoms with Gasteiger partial charge in [0.05, 0.1) is 12.1 Å². The van der Waals surface area contributed by atoms with Crippen LogP contribution in [0.25, 0.3) is 0 Å². The van der Waals surface area contributed by atoms with Crippen LogP contribution < -0.4 is 15.5 Å². The largest absolute Gasteiger partial charge is 0.333 e. The predicted octanol–water partition coefficient (Wildman–Crippen LogP) is 2.70. The number of nitrogens with one attached hydrogen (secondary N) is 2. The molecule has 1 fully saturated rings. The molecule has 0 bridgehead atoms. The Balaban J connectivity index is 1.57. The SMILES string of the molecule is CC[C@@H](NC(=O)N[C@@H]1CC(=O)N(c2ccccc2)C1)c1nccs1. The first-order valence-corrected chi connectivity index (χ1v) is 8.87. The van der Waals surface area contributed by atoms with E-state index in [-0.39, 0.29) is 24.0 Å². The summed E-state index contributed by atoms with van der Waals surface area (Å²) < 4.78 is 0. The van der Waals surface area contributed by atoms with Crippen molar-refractivity contribution in [3.05, 3.63) is 46.9 Å². The molecule has 1 aromatic carbocycles. The number of nitrogens with zero attached hydrogens (tertiary/aromatic N) is 2. The summed E-state index contributed by atoms with van der Waals surface area (Å²) in [6, 6.07) is 8.96. The Morgan fingerprint density at radius 3 is 2.88 bits per heavy atom. The van der Waals surface area contributed by atoms with E-state index in [4.69, 9.17) is 0 Å². The van der Waals surface area contributed by atoms with E-state index in [1.807, 2.05) is 42.6 Å². The number of aromatic nitrogens is 1. The minimum Gasteiger partial charge on any atom is -0.333 e. The normalized spacial score (nSPS) is 18.5. The number of benzene rings is 1. The standard InChI is InChI=1S/C17H20N4O2S/c1-2-14(16-18-8-9-24-16)20-17(23)19-12-10-15(22)21(11-12)13-6-4-3-5-7-13/h3-9,12,14H,2,10-11H2,1H3,(H2,19,20,23)/t12-,14-/m1/s1. The third kappa shape index (κ3) is 3.73. The van der Waals surface area contributed by atoms with Crippen molar-refractivity contribution >= 4 is 29.0 Å². The molecule has 0 saturated carbocycles. The molecule has 126 valence electrons. The van der Waals surface area contributed by atoms with Crippen molar-refractivity contribution in [1.82, 2.24) is 15.6 Å². The van der Waals surface area contributed by atoms with Gasteiger partial charge in [-0.2, -0.15) is 0 Å².